The summed E-state index contributed by atoms with van der Waals surface area (Å²) < 4.78 is 5.01. The summed E-state index contributed by atoms with van der Waals surface area (Å²) in [5.41, 5.74) is 1.72. The molecule has 0 aliphatic rings. The van der Waals surface area contributed by atoms with Gasteiger partial charge in [0.15, 0.2) is 6.61 Å². The van der Waals surface area contributed by atoms with Gasteiger partial charge >= 0.3 is 5.97 Å². The second-order valence-corrected chi connectivity index (χ2v) is 7.84. The van der Waals surface area contributed by atoms with Crippen molar-refractivity contribution in [1.82, 2.24) is 10.3 Å². The largest absolute Gasteiger partial charge is 0.455 e. The molecule has 5 nitrogen and oxygen atoms in total. The lowest BCUT2D eigenvalue weighted by Crippen LogP contribution is -2.30. The number of rotatable bonds is 8. The van der Waals surface area contributed by atoms with Gasteiger partial charge in [-0.1, -0.05) is 6.07 Å². The van der Waals surface area contributed by atoms with Gasteiger partial charge in [0.2, 0.25) is 0 Å². The smallest absolute Gasteiger partial charge is 0.312 e. The number of thiophene rings is 2. The molecule has 0 unspecified atom stereocenters. The molecular weight excluding hydrogens is 376 g/mol. The number of hydrogen-bond donors (Lipinski definition) is 1. The highest BCUT2D eigenvalue weighted by Crippen LogP contribution is 2.25. The number of esters is 1. The molecular formula is C17H16N2O3S3. The van der Waals surface area contributed by atoms with Crippen LogP contribution in [0.25, 0.3) is 10.6 Å². The normalized spacial score (nSPS) is 10.6. The molecule has 0 radical (unpaired) electrons. The van der Waals surface area contributed by atoms with E-state index in [2.05, 4.69) is 10.3 Å². The van der Waals surface area contributed by atoms with Gasteiger partial charge in [0.25, 0.3) is 5.91 Å². The fourth-order valence-electron chi connectivity index (χ4n) is 2.08. The van der Waals surface area contributed by atoms with Gasteiger partial charge in [-0.05, 0) is 29.3 Å². The Labute approximate surface area is 157 Å². The number of hydrogen-bond acceptors (Lipinski definition) is 7. The van der Waals surface area contributed by atoms with Crippen LogP contribution in [0.4, 0.5) is 0 Å². The van der Waals surface area contributed by atoms with E-state index in [4.69, 9.17) is 4.74 Å². The summed E-state index contributed by atoms with van der Waals surface area (Å²) in [6.45, 7) is 0.276. The van der Waals surface area contributed by atoms with Gasteiger partial charge in [0.05, 0.1) is 12.1 Å². The Bertz CT molecular complexity index is 810. The van der Waals surface area contributed by atoms with Crippen LogP contribution in [0.2, 0.25) is 0 Å². The van der Waals surface area contributed by atoms with Gasteiger partial charge < -0.3 is 10.1 Å². The van der Waals surface area contributed by atoms with Crippen molar-refractivity contribution in [3.63, 3.8) is 0 Å². The summed E-state index contributed by atoms with van der Waals surface area (Å²) in [6, 6.07) is 5.99. The van der Waals surface area contributed by atoms with Gasteiger partial charge in [0, 0.05) is 27.7 Å². The molecule has 0 atom stereocenters. The molecule has 0 aliphatic heterocycles. The Morgan fingerprint density at radius 2 is 2.08 bits per heavy atom. The van der Waals surface area contributed by atoms with E-state index in [1.54, 1.807) is 22.7 Å². The molecule has 1 N–H and O–H groups in total. The first-order valence-corrected chi connectivity index (χ1v) is 10.3. The van der Waals surface area contributed by atoms with E-state index in [9.17, 15) is 9.59 Å². The number of nitrogens with one attached hydrogen (secondary N) is 1. The molecule has 8 heteroatoms. The minimum absolute atomic E-state index is 0.0725. The Hall–Kier alpha value is -2.03. The molecule has 130 valence electrons. The molecule has 3 heterocycles. The van der Waals surface area contributed by atoms with E-state index in [-0.39, 0.29) is 18.9 Å². The van der Waals surface area contributed by atoms with Crippen molar-refractivity contribution >= 4 is 45.9 Å². The summed E-state index contributed by atoms with van der Waals surface area (Å²) in [7, 11) is 0. The summed E-state index contributed by atoms with van der Waals surface area (Å²) in [6.07, 6.45) is 0.852. The fraction of sp³-hybridized carbons (Fsp3) is 0.235. The van der Waals surface area contributed by atoms with Gasteiger partial charge in [-0.3, -0.25) is 9.59 Å². The van der Waals surface area contributed by atoms with Crippen LogP contribution in [0, 0.1) is 0 Å². The van der Waals surface area contributed by atoms with Crippen LogP contribution in [0.5, 0.6) is 0 Å². The number of carbonyl (C=O) groups is 2. The first kappa shape index (κ1) is 17.8. The predicted octanol–water partition coefficient (Wildman–Crippen LogP) is 3.38. The lowest BCUT2D eigenvalue weighted by Gasteiger charge is -2.05. The average Bonchev–Trinajstić information content (AvgIpc) is 3.34. The maximum atomic E-state index is 11.8. The SMILES string of the molecule is O=C(COC(=O)Cc1csc(-c2ccsc2)n1)NCCc1cccs1. The van der Waals surface area contributed by atoms with Crippen LogP contribution in [-0.4, -0.2) is 30.0 Å². The zero-order valence-corrected chi connectivity index (χ0v) is 15.7. The highest BCUT2D eigenvalue weighted by molar-refractivity contribution is 7.14. The molecule has 0 aliphatic carbocycles. The van der Waals surface area contributed by atoms with E-state index < -0.39 is 5.97 Å². The number of carbonyl (C=O) groups excluding carboxylic acids is 2. The molecule has 0 saturated carbocycles. The molecule has 3 aromatic rings. The van der Waals surface area contributed by atoms with E-state index in [0.717, 1.165) is 17.0 Å². The van der Waals surface area contributed by atoms with Gasteiger partial charge in [0.1, 0.15) is 5.01 Å². The van der Waals surface area contributed by atoms with Gasteiger partial charge in [-0.2, -0.15) is 11.3 Å². The van der Waals surface area contributed by atoms with Crippen LogP contribution in [-0.2, 0) is 27.2 Å². The van der Waals surface area contributed by atoms with Crippen molar-refractivity contribution in [2.24, 2.45) is 0 Å². The van der Waals surface area contributed by atoms with Crippen molar-refractivity contribution in [2.45, 2.75) is 12.8 Å². The number of thiazole rings is 1. The van der Waals surface area contributed by atoms with Crippen LogP contribution >= 0.6 is 34.0 Å². The second kappa shape index (κ2) is 8.89. The highest BCUT2D eigenvalue weighted by Gasteiger charge is 2.12. The molecule has 0 bridgehead atoms. The average molecular weight is 393 g/mol. The predicted molar refractivity (Wildman–Crippen MR) is 101 cm³/mol. The Balaban J connectivity index is 1.37. The second-order valence-electron chi connectivity index (χ2n) is 5.17. The van der Waals surface area contributed by atoms with Gasteiger partial charge in [-0.25, -0.2) is 4.98 Å². The maximum Gasteiger partial charge on any atom is 0.312 e. The van der Waals surface area contributed by atoms with Crippen molar-refractivity contribution < 1.29 is 14.3 Å². The lowest BCUT2D eigenvalue weighted by atomic mass is 10.3. The summed E-state index contributed by atoms with van der Waals surface area (Å²) in [5.74, 6) is -0.738. The third-order valence-corrected chi connectivity index (χ3v) is 5.84. The number of amides is 1. The van der Waals surface area contributed by atoms with E-state index >= 15 is 0 Å². The quantitative estimate of drug-likeness (QED) is 0.597. The zero-order valence-electron chi connectivity index (χ0n) is 13.3. The zero-order chi connectivity index (χ0) is 17.5. The Morgan fingerprint density at radius 1 is 1.16 bits per heavy atom. The minimum atomic E-state index is -0.449. The molecule has 3 aromatic heterocycles. The maximum absolute atomic E-state index is 11.8. The number of ether oxygens (including phenoxy) is 1. The molecule has 0 fully saturated rings. The van der Waals surface area contributed by atoms with E-state index in [1.807, 2.05) is 39.7 Å². The highest BCUT2D eigenvalue weighted by atomic mass is 32.1. The first-order valence-electron chi connectivity index (χ1n) is 7.62. The van der Waals surface area contributed by atoms with Gasteiger partial charge in [-0.15, -0.1) is 22.7 Å². The molecule has 0 spiro atoms. The monoisotopic (exact) mass is 392 g/mol. The molecule has 1 amide bonds. The van der Waals surface area contributed by atoms with Crippen LogP contribution < -0.4 is 5.32 Å². The van der Waals surface area contributed by atoms with Crippen molar-refractivity contribution in [1.29, 1.82) is 0 Å². The van der Waals surface area contributed by atoms with Crippen molar-refractivity contribution in [3.05, 3.63) is 50.3 Å². The number of aromatic nitrogens is 1. The third kappa shape index (κ3) is 5.48. The topological polar surface area (TPSA) is 68.3 Å². The van der Waals surface area contributed by atoms with Crippen LogP contribution in [0.3, 0.4) is 0 Å². The summed E-state index contributed by atoms with van der Waals surface area (Å²) in [4.78, 5) is 29.2. The lowest BCUT2D eigenvalue weighted by molar-refractivity contribution is -0.147. The summed E-state index contributed by atoms with van der Waals surface area (Å²) in [5, 5.41) is 11.5. The Kier molecular flexibility index (Phi) is 6.32. The summed E-state index contributed by atoms with van der Waals surface area (Å²) >= 11 is 4.75. The minimum Gasteiger partial charge on any atom is -0.455 e. The Morgan fingerprint density at radius 3 is 2.84 bits per heavy atom. The standard InChI is InChI=1S/C17H16N2O3S3/c20-15(18-5-3-14-2-1-6-24-14)9-22-16(21)8-13-11-25-17(19-13)12-4-7-23-10-12/h1-2,4,6-7,10-11H,3,5,8-9H2,(H,18,20). The third-order valence-electron chi connectivity index (χ3n) is 3.28. The fourth-order valence-corrected chi connectivity index (χ4v) is 4.32. The van der Waals surface area contributed by atoms with Crippen LogP contribution in [0.15, 0.2) is 39.7 Å². The van der Waals surface area contributed by atoms with E-state index in [1.165, 1.54) is 16.2 Å². The molecule has 0 aromatic carbocycles. The molecule has 3 rings (SSSR count). The van der Waals surface area contributed by atoms with Crippen molar-refractivity contribution in [2.75, 3.05) is 13.2 Å². The molecule has 25 heavy (non-hydrogen) atoms. The molecule has 0 saturated heterocycles. The number of nitrogens with zero attached hydrogens (tertiary/aromatic N) is 1. The van der Waals surface area contributed by atoms with Crippen LogP contribution in [0.1, 0.15) is 10.6 Å². The van der Waals surface area contributed by atoms with Crippen molar-refractivity contribution in [3.8, 4) is 10.6 Å². The van der Waals surface area contributed by atoms with E-state index in [0.29, 0.717) is 12.2 Å². The first-order chi connectivity index (χ1) is 12.2.